The van der Waals surface area contributed by atoms with Crippen LogP contribution in [0, 0.1) is 0 Å². The first-order chi connectivity index (χ1) is 7.58. The van der Waals surface area contributed by atoms with Crippen LogP contribution in [-0.4, -0.2) is 35.4 Å². The number of carbonyl (C=O) groups is 1. The number of amides is 1. The Balaban J connectivity index is 2.83. The van der Waals surface area contributed by atoms with E-state index in [4.69, 9.17) is 33.4 Å². The number of benzene rings is 1. The van der Waals surface area contributed by atoms with Crippen molar-refractivity contribution in [2.24, 2.45) is 0 Å². The van der Waals surface area contributed by atoms with Gasteiger partial charge in [0.05, 0.1) is 29.8 Å². The molecule has 0 radical (unpaired) electrons. The Hall–Kier alpha value is -0.810. The van der Waals surface area contributed by atoms with E-state index in [1.165, 1.54) is 12.1 Å². The van der Waals surface area contributed by atoms with Crippen LogP contribution >= 0.6 is 23.2 Å². The van der Waals surface area contributed by atoms with Crippen molar-refractivity contribution in [2.45, 2.75) is 6.04 Å². The zero-order valence-electron chi connectivity index (χ0n) is 8.28. The first kappa shape index (κ1) is 13.3. The predicted molar refractivity (Wildman–Crippen MR) is 61.9 cm³/mol. The van der Waals surface area contributed by atoms with E-state index in [2.05, 4.69) is 5.32 Å². The number of carbonyl (C=O) groups excluding carboxylic acids is 1. The molecule has 0 spiro atoms. The topological polar surface area (TPSA) is 69.6 Å². The van der Waals surface area contributed by atoms with Crippen molar-refractivity contribution in [1.29, 1.82) is 0 Å². The molecule has 1 amide bonds. The van der Waals surface area contributed by atoms with E-state index < -0.39 is 11.9 Å². The van der Waals surface area contributed by atoms with Crippen molar-refractivity contribution in [2.75, 3.05) is 13.2 Å². The summed E-state index contributed by atoms with van der Waals surface area (Å²) in [4.78, 5) is 11.7. The van der Waals surface area contributed by atoms with Gasteiger partial charge in [-0.1, -0.05) is 23.2 Å². The molecule has 0 saturated heterocycles. The lowest BCUT2D eigenvalue weighted by molar-refractivity contribution is 0.0879. The highest BCUT2D eigenvalue weighted by Crippen LogP contribution is 2.20. The average Bonchev–Trinajstić information content (AvgIpc) is 2.28. The standard InChI is InChI=1S/C10H11Cl2NO3/c11-6-1-2-9(12)8(3-6)10(16)13-7(4-14)5-15/h1-3,7,14-15H,4-5H2,(H,13,16). The van der Waals surface area contributed by atoms with E-state index in [1.54, 1.807) is 6.07 Å². The molecule has 1 aromatic carbocycles. The maximum atomic E-state index is 11.7. The summed E-state index contributed by atoms with van der Waals surface area (Å²) in [5.74, 6) is -0.486. The van der Waals surface area contributed by atoms with Crippen molar-refractivity contribution in [3.63, 3.8) is 0 Å². The summed E-state index contributed by atoms with van der Waals surface area (Å²) in [5, 5.41) is 20.7. The molecule has 0 aliphatic heterocycles. The molecule has 0 heterocycles. The Labute approximate surface area is 103 Å². The molecule has 0 saturated carbocycles. The van der Waals surface area contributed by atoms with Crippen LogP contribution in [0.25, 0.3) is 0 Å². The normalized spacial score (nSPS) is 10.6. The molecule has 1 rings (SSSR count). The molecule has 0 aromatic heterocycles. The van der Waals surface area contributed by atoms with E-state index in [1.807, 2.05) is 0 Å². The predicted octanol–water partition coefficient (Wildman–Crippen LogP) is 1.08. The van der Waals surface area contributed by atoms with Crippen LogP contribution in [-0.2, 0) is 0 Å². The first-order valence-electron chi connectivity index (χ1n) is 4.56. The van der Waals surface area contributed by atoms with Crippen LogP contribution in [0.1, 0.15) is 10.4 Å². The van der Waals surface area contributed by atoms with Crippen molar-refractivity contribution >= 4 is 29.1 Å². The third-order valence-corrected chi connectivity index (χ3v) is 2.51. The minimum Gasteiger partial charge on any atom is -0.394 e. The first-order valence-corrected chi connectivity index (χ1v) is 5.31. The number of hydrogen-bond acceptors (Lipinski definition) is 3. The Morgan fingerprint density at radius 1 is 1.31 bits per heavy atom. The number of hydrogen-bond donors (Lipinski definition) is 3. The fourth-order valence-electron chi connectivity index (χ4n) is 1.08. The quantitative estimate of drug-likeness (QED) is 0.762. The summed E-state index contributed by atoms with van der Waals surface area (Å²) in [5.41, 5.74) is 0.209. The highest BCUT2D eigenvalue weighted by atomic mass is 35.5. The maximum Gasteiger partial charge on any atom is 0.253 e. The Kier molecular flexibility index (Phi) is 5.02. The monoisotopic (exact) mass is 263 g/mol. The van der Waals surface area contributed by atoms with Crippen molar-refractivity contribution < 1.29 is 15.0 Å². The molecule has 6 heteroatoms. The zero-order chi connectivity index (χ0) is 12.1. The van der Waals surface area contributed by atoms with Gasteiger partial charge in [-0.15, -0.1) is 0 Å². The second kappa shape index (κ2) is 6.06. The average molecular weight is 264 g/mol. The van der Waals surface area contributed by atoms with E-state index >= 15 is 0 Å². The second-order valence-electron chi connectivity index (χ2n) is 3.16. The molecule has 88 valence electrons. The summed E-state index contributed by atoms with van der Waals surface area (Å²) in [7, 11) is 0. The number of aliphatic hydroxyl groups is 2. The van der Waals surface area contributed by atoms with Crippen LogP contribution in [0.2, 0.25) is 10.0 Å². The van der Waals surface area contributed by atoms with Gasteiger partial charge < -0.3 is 15.5 Å². The van der Waals surface area contributed by atoms with E-state index in [9.17, 15) is 4.79 Å². The molecule has 0 bridgehead atoms. The van der Waals surface area contributed by atoms with Crippen molar-refractivity contribution in [3.05, 3.63) is 33.8 Å². The fourth-order valence-corrected chi connectivity index (χ4v) is 1.46. The lowest BCUT2D eigenvalue weighted by atomic mass is 10.2. The Morgan fingerprint density at radius 3 is 2.50 bits per heavy atom. The Morgan fingerprint density at radius 2 is 1.94 bits per heavy atom. The molecule has 0 atom stereocenters. The molecule has 0 fully saturated rings. The Bertz CT molecular complexity index is 380. The fraction of sp³-hybridized carbons (Fsp3) is 0.300. The summed E-state index contributed by atoms with van der Waals surface area (Å²) in [6.45, 7) is -0.694. The summed E-state index contributed by atoms with van der Waals surface area (Å²) >= 11 is 11.5. The molecule has 0 aliphatic rings. The van der Waals surface area contributed by atoms with Gasteiger partial charge in [0.1, 0.15) is 0 Å². The van der Waals surface area contributed by atoms with Crippen LogP contribution in [0.4, 0.5) is 0 Å². The van der Waals surface area contributed by atoms with Crippen LogP contribution in [0.3, 0.4) is 0 Å². The minimum atomic E-state index is -0.706. The summed E-state index contributed by atoms with van der Waals surface area (Å²) < 4.78 is 0. The largest absolute Gasteiger partial charge is 0.394 e. The zero-order valence-corrected chi connectivity index (χ0v) is 9.79. The molecule has 3 N–H and O–H groups in total. The van der Waals surface area contributed by atoms with Gasteiger partial charge in [-0.25, -0.2) is 0 Å². The highest BCUT2D eigenvalue weighted by molar-refractivity contribution is 6.35. The van der Waals surface area contributed by atoms with Crippen LogP contribution < -0.4 is 5.32 Å². The van der Waals surface area contributed by atoms with Crippen LogP contribution in [0.15, 0.2) is 18.2 Å². The van der Waals surface area contributed by atoms with Gasteiger partial charge in [0.25, 0.3) is 5.91 Å². The second-order valence-corrected chi connectivity index (χ2v) is 4.00. The molecule has 16 heavy (non-hydrogen) atoms. The number of nitrogens with one attached hydrogen (secondary N) is 1. The van der Waals surface area contributed by atoms with E-state index in [-0.39, 0.29) is 23.8 Å². The molecule has 0 unspecified atom stereocenters. The number of aliphatic hydroxyl groups excluding tert-OH is 2. The van der Waals surface area contributed by atoms with Gasteiger partial charge >= 0.3 is 0 Å². The van der Waals surface area contributed by atoms with Gasteiger partial charge in [0.15, 0.2) is 0 Å². The SMILES string of the molecule is O=C(NC(CO)CO)c1cc(Cl)ccc1Cl. The summed E-state index contributed by atoms with van der Waals surface area (Å²) in [6.07, 6.45) is 0. The van der Waals surface area contributed by atoms with Gasteiger partial charge in [-0.2, -0.15) is 0 Å². The van der Waals surface area contributed by atoms with Gasteiger partial charge in [0.2, 0.25) is 0 Å². The van der Waals surface area contributed by atoms with Gasteiger partial charge in [-0.05, 0) is 18.2 Å². The molecule has 1 aromatic rings. The smallest absolute Gasteiger partial charge is 0.253 e. The lowest BCUT2D eigenvalue weighted by Gasteiger charge is -2.13. The minimum absolute atomic E-state index is 0.209. The molecule has 4 nitrogen and oxygen atoms in total. The highest BCUT2D eigenvalue weighted by Gasteiger charge is 2.14. The molecular formula is C10H11Cl2NO3. The molecule has 0 aliphatic carbocycles. The summed E-state index contributed by atoms with van der Waals surface area (Å²) in [6, 6.07) is 3.79. The molecular weight excluding hydrogens is 253 g/mol. The lowest BCUT2D eigenvalue weighted by Crippen LogP contribution is -2.40. The number of halogens is 2. The van der Waals surface area contributed by atoms with E-state index in [0.29, 0.717) is 5.02 Å². The third kappa shape index (κ3) is 3.35. The number of rotatable bonds is 4. The van der Waals surface area contributed by atoms with E-state index in [0.717, 1.165) is 0 Å². The van der Waals surface area contributed by atoms with Crippen LogP contribution in [0.5, 0.6) is 0 Å². The maximum absolute atomic E-state index is 11.7. The third-order valence-electron chi connectivity index (χ3n) is 1.95. The van der Waals surface area contributed by atoms with Crippen molar-refractivity contribution in [3.8, 4) is 0 Å². The van der Waals surface area contributed by atoms with Gasteiger partial charge in [-0.3, -0.25) is 4.79 Å². The van der Waals surface area contributed by atoms with Gasteiger partial charge in [0, 0.05) is 5.02 Å². The van der Waals surface area contributed by atoms with Crippen molar-refractivity contribution in [1.82, 2.24) is 5.32 Å².